The Balaban J connectivity index is 1.98. The van der Waals surface area contributed by atoms with Gasteiger partial charge in [0.2, 0.25) is 15.9 Å². The van der Waals surface area contributed by atoms with Gasteiger partial charge in [0.05, 0.1) is 23.1 Å². The molecule has 0 fully saturated rings. The van der Waals surface area contributed by atoms with Crippen LogP contribution in [0.25, 0.3) is 0 Å². The van der Waals surface area contributed by atoms with Crippen LogP contribution in [0.2, 0.25) is 0 Å². The van der Waals surface area contributed by atoms with Gasteiger partial charge in [0.1, 0.15) is 0 Å². The number of nitrogens with one attached hydrogen (secondary N) is 1. The predicted octanol–water partition coefficient (Wildman–Crippen LogP) is 3.16. The zero-order chi connectivity index (χ0) is 19.9. The van der Waals surface area contributed by atoms with Crippen molar-refractivity contribution in [2.24, 2.45) is 0 Å². The Morgan fingerprint density at radius 3 is 2.30 bits per heavy atom. The SMILES string of the molecule is CCCCc1ccc(NC(=O)CN(C)S(=O)(=O)c2ccc(C#N)cc2)cc1. The highest BCUT2D eigenvalue weighted by Crippen LogP contribution is 2.16. The second-order valence-electron chi connectivity index (χ2n) is 6.25. The van der Waals surface area contributed by atoms with Crippen LogP contribution in [0, 0.1) is 11.3 Å². The molecule has 0 radical (unpaired) electrons. The van der Waals surface area contributed by atoms with E-state index in [1.54, 1.807) is 0 Å². The quantitative estimate of drug-likeness (QED) is 0.756. The number of amides is 1. The average Bonchev–Trinajstić information content (AvgIpc) is 2.67. The minimum absolute atomic E-state index is 0.0390. The maximum atomic E-state index is 12.5. The largest absolute Gasteiger partial charge is 0.325 e. The number of aryl methyl sites for hydroxylation is 1. The zero-order valence-electron chi connectivity index (χ0n) is 15.5. The molecule has 0 aliphatic heterocycles. The first kappa shape index (κ1) is 20.6. The number of sulfonamides is 1. The third kappa shape index (κ3) is 5.64. The average molecular weight is 385 g/mol. The monoisotopic (exact) mass is 385 g/mol. The summed E-state index contributed by atoms with van der Waals surface area (Å²) < 4.78 is 26.0. The molecule has 27 heavy (non-hydrogen) atoms. The van der Waals surface area contributed by atoms with Gasteiger partial charge in [-0.25, -0.2) is 8.42 Å². The van der Waals surface area contributed by atoms with Crippen molar-refractivity contribution >= 4 is 21.6 Å². The number of unbranched alkanes of at least 4 members (excludes halogenated alkanes) is 1. The smallest absolute Gasteiger partial charge is 0.243 e. The van der Waals surface area contributed by atoms with Crippen LogP contribution in [0.15, 0.2) is 53.4 Å². The summed E-state index contributed by atoms with van der Waals surface area (Å²) in [5.74, 6) is -0.420. The molecular formula is C20H23N3O3S. The van der Waals surface area contributed by atoms with Crippen LogP contribution in [0.5, 0.6) is 0 Å². The Labute approximate surface area is 160 Å². The topological polar surface area (TPSA) is 90.3 Å². The number of benzene rings is 2. The summed E-state index contributed by atoms with van der Waals surface area (Å²) in [5, 5.41) is 11.5. The molecule has 7 heteroatoms. The normalized spacial score (nSPS) is 11.2. The van der Waals surface area contributed by atoms with Crippen molar-refractivity contribution in [3.8, 4) is 6.07 Å². The van der Waals surface area contributed by atoms with Gasteiger partial charge < -0.3 is 5.32 Å². The fourth-order valence-electron chi connectivity index (χ4n) is 2.50. The number of anilines is 1. The molecule has 0 aliphatic rings. The summed E-state index contributed by atoms with van der Waals surface area (Å²) in [5.41, 5.74) is 2.21. The Kier molecular flexibility index (Phi) is 7.11. The lowest BCUT2D eigenvalue weighted by molar-refractivity contribution is -0.116. The third-order valence-corrected chi connectivity index (χ3v) is 5.93. The molecule has 0 heterocycles. The van der Waals surface area contributed by atoms with Gasteiger partial charge in [-0.2, -0.15) is 9.57 Å². The van der Waals surface area contributed by atoms with Crippen molar-refractivity contribution in [3.05, 3.63) is 59.7 Å². The van der Waals surface area contributed by atoms with E-state index in [1.807, 2.05) is 30.3 Å². The molecule has 0 bridgehead atoms. The number of carbonyl (C=O) groups is 1. The van der Waals surface area contributed by atoms with Gasteiger partial charge in [-0.1, -0.05) is 25.5 Å². The Morgan fingerprint density at radius 1 is 1.11 bits per heavy atom. The molecule has 0 saturated heterocycles. The highest BCUT2D eigenvalue weighted by Gasteiger charge is 2.23. The Morgan fingerprint density at radius 2 is 1.74 bits per heavy atom. The van der Waals surface area contributed by atoms with Crippen LogP contribution in [-0.2, 0) is 21.2 Å². The number of hydrogen-bond acceptors (Lipinski definition) is 4. The molecule has 2 aromatic rings. The fourth-order valence-corrected chi connectivity index (χ4v) is 3.63. The molecule has 0 aliphatic carbocycles. The van der Waals surface area contributed by atoms with Crippen molar-refractivity contribution in [2.75, 3.05) is 18.9 Å². The molecule has 0 unspecified atom stereocenters. The molecule has 2 rings (SSSR count). The van der Waals surface area contributed by atoms with Crippen molar-refractivity contribution in [1.29, 1.82) is 5.26 Å². The van der Waals surface area contributed by atoms with Gasteiger partial charge >= 0.3 is 0 Å². The van der Waals surface area contributed by atoms with Crippen LogP contribution in [0.4, 0.5) is 5.69 Å². The fraction of sp³-hybridized carbons (Fsp3) is 0.300. The van der Waals surface area contributed by atoms with Gasteiger partial charge in [-0.15, -0.1) is 0 Å². The molecule has 1 N–H and O–H groups in total. The third-order valence-electron chi connectivity index (χ3n) is 4.11. The summed E-state index contributed by atoms with van der Waals surface area (Å²) in [6, 6.07) is 15.1. The summed E-state index contributed by atoms with van der Waals surface area (Å²) >= 11 is 0. The molecule has 0 spiro atoms. The van der Waals surface area contributed by atoms with Crippen LogP contribution in [0.3, 0.4) is 0 Å². The Bertz CT molecular complexity index is 914. The van der Waals surface area contributed by atoms with E-state index in [-0.39, 0.29) is 11.4 Å². The molecule has 2 aromatic carbocycles. The number of rotatable bonds is 8. The van der Waals surface area contributed by atoms with Crippen molar-refractivity contribution < 1.29 is 13.2 Å². The number of carbonyl (C=O) groups excluding carboxylic acids is 1. The van der Waals surface area contributed by atoms with Gasteiger partial charge in [-0.3, -0.25) is 4.79 Å². The van der Waals surface area contributed by atoms with Gasteiger partial charge in [0, 0.05) is 12.7 Å². The van der Waals surface area contributed by atoms with E-state index in [9.17, 15) is 13.2 Å². The Hall–Kier alpha value is -2.69. The van der Waals surface area contributed by atoms with E-state index in [4.69, 9.17) is 5.26 Å². The van der Waals surface area contributed by atoms with Gasteiger partial charge in [-0.05, 0) is 54.8 Å². The molecule has 0 saturated carbocycles. The molecule has 142 valence electrons. The van der Waals surface area contributed by atoms with Crippen molar-refractivity contribution in [2.45, 2.75) is 31.1 Å². The lowest BCUT2D eigenvalue weighted by atomic mass is 10.1. The summed E-state index contributed by atoms with van der Waals surface area (Å²) in [6.45, 7) is 1.83. The van der Waals surface area contributed by atoms with E-state index >= 15 is 0 Å². The standard InChI is InChI=1S/C20H23N3O3S/c1-3-4-5-16-6-10-18(11-7-16)22-20(24)15-23(2)27(25,26)19-12-8-17(14-21)9-13-19/h6-13H,3-5,15H2,1-2H3,(H,22,24). The molecule has 0 atom stereocenters. The second kappa shape index (κ2) is 9.31. The van der Waals surface area contributed by atoms with Crippen LogP contribution in [0.1, 0.15) is 30.9 Å². The molecule has 0 aromatic heterocycles. The van der Waals surface area contributed by atoms with Crippen LogP contribution in [-0.4, -0.2) is 32.2 Å². The number of likely N-dealkylation sites (N-methyl/N-ethyl adjacent to an activating group) is 1. The minimum Gasteiger partial charge on any atom is -0.325 e. The highest BCUT2D eigenvalue weighted by atomic mass is 32.2. The summed E-state index contributed by atoms with van der Waals surface area (Å²) in [4.78, 5) is 12.2. The van der Waals surface area contributed by atoms with Crippen LogP contribution >= 0.6 is 0 Å². The van der Waals surface area contributed by atoms with Crippen molar-refractivity contribution in [3.63, 3.8) is 0 Å². The van der Waals surface area contributed by atoms with Gasteiger partial charge in [0.15, 0.2) is 0 Å². The molecule has 1 amide bonds. The number of nitrogens with zero attached hydrogens (tertiary/aromatic N) is 2. The lowest BCUT2D eigenvalue weighted by Crippen LogP contribution is -2.34. The van der Waals surface area contributed by atoms with Gasteiger partial charge in [0.25, 0.3) is 0 Å². The first-order chi connectivity index (χ1) is 12.9. The van der Waals surface area contributed by atoms with E-state index in [2.05, 4.69) is 12.2 Å². The maximum absolute atomic E-state index is 12.5. The predicted molar refractivity (Wildman–Crippen MR) is 105 cm³/mol. The highest BCUT2D eigenvalue weighted by molar-refractivity contribution is 7.89. The zero-order valence-corrected chi connectivity index (χ0v) is 16.3. The molecular weight excluding hydrogens is 362 g/mol. The first-order valence-corrected chi connectivity index (χ1v) is 10.2. The molecule has 6 nitrogen and oxygen atoms in total. The maximum Gasteiger partial charge on any atom is 0.243 e. The minimum atomic E-state index is -3.81. The lowest BCUT2D eigenvalue weighted by Gasteiger charge is -2.17. The van der Waals surface area contributed by atoms with E-state index in [1.165, 1.54) is 36.9 Å². The van der Waals surface area contributed by atoms with E-state index in [0.717, 1.165) is 23.6 Å². The number of hydrogen-bond donors (Lipinski definition) is 1. The second-order valence-corrected chi connectivity index (χ2v) is 8.29. The van der Waals surface area contributed by atoms with E-state index in [0.29, 0.717) is 11.3 Å². The summed E-state index contributed by atoms with van der Waals surface area (Å²) in [6.07, 6.45) is 3.23. The van der Waals surface area contributed by atoms with Crippen molar-refractivity contribution in [1.82, 2.24) is 4.31 Å². The first-order valence-electron chi connectivity index (χ1n) is 8.72. The van der Waals surface area contributed by atoms with Crippen LogP contribution < -0.4 is 5.32 Å². The summed E-state index contributed by atoms with van der Waals surface area (Å²) in [7, 11) is -2.46. The number of nitriles is 1. The van der Waals surface area contributed by atoms with E-state index < -0.39 is 15.9 Å².